The van der Waals surface area contributed by atoms with Gasteiger partial charge in [-0.3, -0.25) is 0 Å². The number of methoxy groups -OCH3 is 8. The number of nitrogens with one attached hydrogen (secondary N) is 2. The van der Waals surface area contributed by atoms with Crippen molar-refractivity contribution in [3.05, 3.63) is 48.5 Å². The Hall–Kier alpha value is -5.26. The van der Waals surface area contributed by atoms with Gasteiger partial charge < -0.3 is 0 Å². The maximum absolute atomic E-state index is 12.6. The summed E-state index contributed by atoms with van der Waals surface area (Å²) in [6.07, 6.45) is 0. The first-order chi connectivity index (χ1) is 23.6. The van der Waals surface area contributed by atoms with E-state index in [0.29, 0.717) is 79.6 Å². The molecule has 0 aliphatic rings. The first-order valence-electron chi connectivity index (χ1n) is 14.8. The Labute approximate surface area is 292 Å². The maximum atomic E-state index is 12.6. The third-order valence-electron chi connectivity index (χ3n) is 7.43. The summed E-state index contributed by atoms with van der Waals surface area (Å²) in [5, 5.41) is 5.95. The van der Waals surface area contributed by atoms with E-state index in [1.807, 2.05) is 36.4 Å². The van der Waals surface area contributed by atoms with Gasteiger partial charge in [0.2, 0.25) is 0 Å². The average molecular weight is 740 g/mol. The summed E-state index contributed by atoms with van der Waals surface area (Å²) in [6, 6.07) is 14.8. The first-order valence-corrected chi connectivity index (χ1v) is 16.6. The number of carbonyl (C=O) groups is 2. The molecule has 0 aromatic heterocycles. The van der Waals surface area contributed by atoms with Gasteiger partial charge in [0.15, 0.2) is 0 Å². The van der Waals surface area contributed by atoms with Gasteiger partial charge in [-0.15, -0.1) is 0 Å². The molecule has 0 atom stereocenters. The Morgan fingerprint density at radius 1 is 0.469 bits per heavy atom. The van der Waals surface area contributed by atoms with E-state index >= 15 is 0 Å². The van der Waals surface area contributed by atoms with Gasteiger partial charge in [-0.2, -0.15) is 0 Å². The summed E-state index contributed by atoms with van der Waals surface area (Å²) in [5.74, 6) is 2.91. The number of hydrogen-bond acceptors (Lipinski definition) is 10. The van der Waals surface area contributed by atoms with Crippen LogP contribution in [0.25, 0.3) is 22.3 Å². The first kappa shape index (κ1) is 36.6. The van der Waals surface area contributed by atoms with Crippen LogP contribution in [0.4, 0.5) is 11.4 Å². The van der Waals surface area contributed by atoms with E-state index in [9.17, 15) is 9.59 Å². The molecule has 12 nitrogen and oxygen atoms in total. The summed E-state index contributed by atoms with van der Waals surface area (Å²) in [5.41, 5.74) is 3.66. The Kier molecular flexibility index (Phi) is 12.1. The van der Waals surface area contributed by atoms with Gasteiger partial charge in [-0.1, -0.05) is 0 Å². The fourth-order valence-electron chi connectivity index (χ4n) is 5.38. The van der Waals surface area contributed by atoms with Crippen LogP contribution in [-0.4, -0.2) is 83.6 Å². The van der Waals surface area contributed by atoms with Gasteiger partial charge in [0, 0.05) is 0 Å². The average Bonchev–Trinajstić information content (AvgIpc) is 3.10. The zero-order valence-corrected chi connectivity index (χ0v) is 30.8. The number of amides is 2. The van der Waals surface area contributed by atoms with E-state index < -0.39 is 15.0 Å². The molecule has 260 valence electrons. The van der Waals surface area contributed by atoms with Crippen molar-refractivity contribution in [1.82, 2.24) is 0 Å². The van der Waals surface area contributed by atoms with Crippen molar-refractivity contribution in [1.29, 1.82) is 0 Å². The Morgan fingerprint density at radius 2 is 0.776 bits per heavy atom. The van der Waals surface area contributed by atoms with Crippen molar-refractivity contribution in [2.24, 2.45) is 0 Å². The summed E-state index contributed by atoms with van der Waals surface area (Å²) >= 11 is -0.496. The van der Waals surface area contributed by atoms with E-state index in [1.54, 1.807) is 12.1 Å². The van der Waals surface area contributed by atoms with Crippen molar-refractivity contribution in [3.63, 3.8) is 0 Å². The quantitative estimate of drug-likeness (QED) is 0.176. The van der Waals surface area contributed by atoms with Crippen molar-refractivity contribution in [2.75, 3.05) is 67.5 Å². The Morgan fingerprint density at radius 3 is 1.02 bits per heavy atom. The molecular formula is C36H40N2O10Se. The zero-order valence-electron chi connectivity index (χ0n) is 29.1. The molecule has 0 heterocycles. The van der Waals surface area contributed by atoms with Crippen molar-refractivity contribution in [2.45, 2.75) is 13.8 Å². The van der Waals surface area contributed by atoms with E-state index in [2.05, 4.69) is 10.6 Å². The minimum atomic E-state index is -0.496. The molecule has 0 radical (unpaired) electrons. The number of carbonyl (C=O) groups excluding carboxylic acids is 2. The zero-order chi connectivity index (χ0) is 35.8. The van der Waals surface area contributed by atoms with Gasteiger partial charge in [0.25, 0.3) is 0 Å². The molecule has 0 spiro atoms. The van der Waals surface area contributed by atoms with Crippen molar-refractivity contribution < 1.29 is 47.5 Å². The number of rotatable bonds is 14. The molecule has 2 N–H and O–H groups in total. The molecule has 2 amide bonds. The SMILES string of the molecule is COc1ccc([Se]c2ccc(OC)c(NC(C)=O)c2-c2cc(OC)c(OC)c(OC)c2)c(-c2cc(OC)c(OC)c(OC)c2)c1NC(C)=O. The number of hydrogen-bond donors (Lipinski definition) is 2. The molecule has 49 heavy (non-hydrogen) atoms. The second kappa shape index (κ2) is 16.2. The molecule has 0 aliphatic carbocycles. The van der Waals surface area contributed by atoms with Crippen LogP contribution in [0.15, 0.2) is 48.5 Å². The molecular weight excluding hydrogens is 699 g/mol. The third-order valence-corrected chi connectivity index (χ3v) is 9.78. The van der Waals surface area contributed by atoms with Gasteiger partial charge in [0.05, 0.1) is 0 Å². The standard InChI is InChI=1S/C36H40N2O10Se/c1-19(39)37-33-23(41-3)11-13-29(31(33)21-15-25(43-5)35(47-9)26(16-21)44-6)49-30-14-12-24(42-4)34(38-20(2)40)32(30)22-17-27(45-7)36(48-10)28(18-22)46-8/h11-18H,1-10H3,(H,37,39)(H,38,40). The second-order valence-electron chi connectivity index (χ2n) is 10.3. The monoisotopic (exact) mass is 740 g/mol. The fraction of sp³-hybridized carbons (Fsp3) is 0.278. The second-order valence-corrected chi connectivity index (χ2v) is 12.6. The van der Waals surface area contributed by atoms with E-state index in [0.717, 1.165) is 8.92 Å². The van der Waals surface area contributed by atoms with Crippen LogP contribution in [0, 0.1) is 0 Å². The predicted molar refractivity (Wildman–Crippen MR) is 190 cm³/mol. The van der Waals surface area contributed by atoms with Crippen LogP contribution in [-0.2, 0) is 9.59 Å². The molecule has 4 rings (SSSR count). The fourth-order valence-corrected chi connectivity index (χ4v) is 7.80. The summed E-state index contributed by atoms with van der Waals surface area (Å²) < 4.78 is 47.1. The van der Waals surface area contributed by atoms with E-state index in [1.165, 1.54) is 70.7 Å². The van der Waals surface area contributed by atoms with Gasteiger partial charge >= 0.3 is 293 Å². The van der Waals surface area contributed by atoms with Gasteiger partial charge in [-0.25, -0.2) is 0 Å². The van der Waals surface area contributed by atoms with Crippen LogP contribution in [0.1, 0.15) is 13.8 Å². The molecule has 0 saturated carbocycles. The minimum absolute atomic E-state index is 0.285. The number of ether oxygens (including phenoxy) is 8. The molecule has 0 fully saturated rings. The normalized spacial score (nSPS) is 10.5. The van der Waals surface area contributed by atoms with Gasteiger partial charge in [0.1, 0.15) is 0 Å². The molecule has 0 saturated heterocycles. The number of benzene rings is 4. The molecule has 4 aromatic rings. The van der Waals surface area contributed by atoms with Crippen LogP contribution >= 0.6 is 0 Å². The van der Waals surface area contributed by atoms with Crippen molar-refractivity contribution in [3.8, 4) is 68.2 Å². The van der Waals surface area contributed by atoms with Gasteiger partial charge in [-0.05, 0) is 0 Å². The van der Waals surface area contributed by atoms with E-state index in [4.69, 9.17) is 37.9 Å². The molecule has 0 aliphatic heterocycles. The molecule has 4 aromatic carbocycles. The third kappa shape index (κ3) is 7.58. The summed E-state index contributed by atoms with van der Waals surface area (Å²) in [7, 11) is 12.3. The van der Waals surface area contributed by atoms with Crippen molar-refractivity contribution >= 4 is 47.1 Å². The Balaban J connectivity index is 2.12. The molecule has 0 unspecified atom stereocenters. The molecule has 13 heteroatoms. The molecule has 0 bridgehead atoms. The van der Waals surface area contributed by atoms with Crippen LogP contribution < -0.4 is 57.5 Å². The predicted octanol–water partition coefficient (Wildman–Crippen LogP) is 4.66. The number of anilines is 2. The van der Waals surface area contributed by atoms with Crippen LogP contribution in [0.3, 0.4) is 0 Å². The van der Waals surface area contributed by atoms with E-state index in [-0.39, 0.29) is 11.8 Å². The topological polar surface area (TPSA) is 132 Å². The van der Waals surface area contributed by atoms with Crippen LogP contribution in [0.5, 0.6) is 46.0 Å². The summed E-state index contributed by atoms with van der Waals surface area (Å²) in [4.78, 5) is 25.2. The summed E-state index contributed by atoms with van der Waals surface area (Å²) in [6.45, 7) is 2.86. The Bertz CT molecular complexity index is 1680. The van der Waals surface area contributed by atoms with Crippen LogP contribution in [0.2, 0.25) is 0 Å².